The minimum absolute atomic E-state index is 0.0528. The molecule has 6 heteroatoms. The Morgan fingerprint density at radius 1 is 1.10 bits per heavy atom. The topological polar surface area (TPSA) is 58.1 Å². The van der Waals surface area contributed by atoms with Crippen molar-refractivity contribution in [2.75, 3.05) is 23.3 Å². The van der Waals surface area contributed by atoms with Crippen LogP contribution in [0.5, 0.6) is 0 Å². The summed E-state index contributed by atoms with van der Waals surface area (Å²) in [5.74, 6) is 0.805. The zero-order valence-electron chi connectivity index (χ0n) is 16.3. The Hall–Kier alpha value is -2.73. The van der Waals surface area contributed by atoms with E-state index in [1.165, 1.54) is 5.56 Å². The lowest BCUT2D eigenvalue weighted by Crippen LogP contribution is -2.41. The Bertz CT molecular complexity index is 989. The van der Waals surface area contributed by atoms with Crippen molar-refractivity contribution in [1.82, 2.24) is 10.2 Å². The van der Waals surface area contributed by atoms with E-state index in [2.05, 4.69) is 67.5 Å². The average molecular weight is 451 g/mol. The van der Waals surface area contributed by atoms with Crippen LogP contribution in [0.1, 0.15) is 18.4 Å². The minimum Gasteiger partial charge on any atom is -0.354 e. The van der Waals surface area contributed by atoms with Gasteiger partial charge in [0.1, 0.15) is 0 Å². The van der Waals surface area contributed by atoms with E-state index < -0.39 is 0 Å². The average Bonchev–Trinajstić information content (AvgIpc) is 2.74. The predicted molar refractivity (Wildman–Crippen MR) is 120 cm³/mol. The molecule has 148 valence electrons. The summed E-state index contributed by atoms with van der Waals surface area (Å²) >= 11 is 3.44. The highest BCUT2D eigenvalue weighted by atomic mass is 79.9. The second kappa shape index (κ2) is 8.74. The van der Waals surface area contributed by atoms with E-state index in [-0.39, 0.29) is 11.8 Å². The quantitative estimate of drug-likeness (QED) is 0.602. The van der Waals surface area contributed by atoms with Crippen LogP contribution in [-0.4, -0.2) is 29.2 Å². The van der Waals surface area contributed by atoms with Crippen LogP contribution < -0.4 is 10.2 Å². The smallest absolute Gasteiger partial charge is 0.229 e. The number of anilines is 2. The van der Waals surface area contributed by atoms with Crippen molar-refractivity contribution in [2.45, 2.75) is 19.8 Å². The highest BCUT2D eigenvalue weighted by molar-refractivity contribution is 9.10. The summed E-state index contributed by atoms with van der Waals surface area (Å²) in [6.45, 7) is 3.61. The molecule has 1 atom stereocenters. The summed E-state index contributed by atoms with van der Waals surface area (Å²) in [6, 6.07) is 19.9. The third kappa shape index (κ3) is 4.82. The molecular weight excluding hydrogens is 428 g/mol. The number of nitrogens with zero attached hydrogens (tertiary/aromatic N) is 3. The number of amides is 1. The molecule has 0 saturated carbocycles. The number of aryl methyl sites for hydroxylation is 1. The number of carbonyl (C=O) groups is 1. The predicted octanol–water partition coefficient (Wildman–Crippen LogP) is 5.07. The van der Waals surface area contributed by atoms with E-state index >= 15 is 0 Å². The summed E-state index contributed by atoms with van der Waals surface area (Å²) < 4.78 is 0.949. The molecule has 1 aliphatic rings. The van der Waals surface area contributed by atoms with Crippen molar-refractivity contribution in [1.29, 1.82) is 0 Å². The van der Waals surface area contributed by atoms with Crippen LogP contribution in [0.4, 0.5) is 11.5 Å². The van der Waals surface area contributed by atoms with Crippen LogP contribution in [0.15, 0.2) is 65.1 Å². The molecule has 1 unspecified atom stereocenters. The minimum atomic E-state index is -0.0682. The number of rotatable bonds is 4. The molecule has 0 spiro atoms. The molecule has 0 bridgehead atoms. The molecule has 2 heterocycles. The molecule has 1 aromatic heterocycles. The lowest BCUT2D eigenvalue weighted by molar-refractivity contribution is -0.120. The molecule has 1 amide bonds. The Balaban J connectivity index is 1.42. The van der Waals surface area contributed by atoms with Gasteiger partial charge in [0.05, 0.1) is 11.6 Å². The van der Waals surface area contributed by atoms with Crippen molar-refractivity contribution < 1.29 is 4.79 Å². The normalized spacial score (nSPS) is 16.5. The van der Waals surface area contributed by atoms with Crippen LogP contribution in [0.25, 0.3) is 11.3 Å². The highest BCUT2D eigenvalue weighted by Crippen LogP contribution is 2.25. The molecule has 0 aliphatic carbocycles. The van der Waals surface area contributed by atoms with Crippen LogP contribution in [0, 0.1) is 12.8 Å². The Morgan fingerprint density at radius 2 is 1.93 bits per heavy atom. The summed E-state index contributed by atoms with van der Waals surface area (Å²) in [7, 11) is 0. The lowest BCUT2D eigenvalue weighted by atomic mass is 9.97. The lowest BCUT2D eigenvalue weighted by Gasteiger charge is -2.32. The molecule has 1 aliphatic heterocycles. The summed E-state index contributed by atoms with van der Waals surface area (Å²) in [6.07, 6.45) is 1.84. The van der Waals surface area contributed by atoms with Gasteiger partial charge in [0.25, 0.3) is 0 Å². The molecule has 5 nitrogen and oxygen atoms in total. The number of halogens is 1. The first-order valence-corrected chi connectivity index (χ1v) is 10.6. The van der Waals surface area contributed by atoms with Gasteiger partial charge in [-0.1, -0.05) is 51.8 Å². The Morgan fingerprint density at radius 3 is 2.66 bits per heavy atom. The van der Waals surface area contributed by atoms with Gasteiger partial charge in [0, 0.05) is 28.8 Å². The van der Waals surface area contributed by atoms with Crippen LogP contribution in [-0.2, 0) is 4.79 Å². The number of aromatic nitrogens is 2. The zero-order valence-corrected chi connectivity index (χ0v) is 17.9. The third-order valence-electron chi connectivity index (χ3n) is 5.21. The van der Waals surface area contributed by atoms with Crippen LogP contribution in [0.3, 0.4) is 0 Å². The number of nitrogens with one attached hydrogen (secondary N) is 1. The van der Waals surface area contributed by atoms with Gasteiger partial charge >= 0.3 is 0 Å². The Labute approximate surface area is 179 Å². The van der Waals surface area contributed by atoms with Gasteiger partial charge in [-0.25, -0.2) is 0 Å². The second-order valence-electron chi connectivity index (χ2n) is 7.43. The van der Waals surface area contributed by atoms with Gasteiger partial charge in [-0.05, 0) is 50.1 Å². The van der Waals surface area contributed by atoms with Crippen molar-refractivity contribution >= 4 is 33.3 Å². The van der Waals surface area contributed by atoms with Crippen molar-refractivity contribution in [2.24, 2.45) is 5.92 Å². The number of benzene rings is 2. The van der Waals surface area contributed by atoms with E-state index in [4.69, 9.17) is 0 Å². The molecule has 0 radical (unpaired) electrons. The first-order chi connectivity index (χ1) is 14.1. The molecular formula is C23H23BrN4O. The fraction of sp³-hybridized carbons (Fsp3) is 0.261. The number of carbonyl (C=O) groups excluding carboxylic acids is 1. The summed E-state index contributed by atoms with van der Waals surface area (Å²) in [4.78, 5) is 14.9. The van der Waals surface area contributed by atoms with E-state index in [0.29, 0.717) is 6.54 Å². The van der Waals surface area contributed by atoms with Crippen molar-refractivity contribution in [3.8, 4) is 11.3 Å². The van der Waals surface area contributed by atoms with Gasteiger partial charge in [0.15, 0.2) is 5.82 Å². The van der Waals surface area contributed by atoms with Gasteiger partial charge in [0.2, 0.25) is 5.91 Å². The number of hydrogen-bond acceptors (Lipinski definition) is 4. The van der Waals surface area contributed by atoms with E-state index in [1.807, 2.05) is 36.4 Å². The summed E-state index contributed by atoms with van der Waals surface area (Å²) in [5.41, 5.74) is 3.94. The van der Waals surface area contributed by atoms with Crippen LogP contribution >= 0.6 is 15.9 Å². The molecule has 4 rings (SSSR count). The SMILES string of the molecule is Cc1ccc(-c2ccc(N3CCCC(C(=O)Nc4cccc(Br)c4)C3)nn2)cc1. The van der Waals surface area contributed by atoms with Crippen molar-refractivity contribution in [3.63, 3.8) is 0 Å². The molecule has 1 saturated heterocycles. The van der Waals surface area contributed by atoms with Crippen LogP contribution in [0.2, 0.25) is 0 Å². The number of piperidine rings is 1. The molecule has 1 fully saturated rings. The third-order valence-corrected chi connectivity index (χ3v) is 5.70. The maximum atomic E-state index is 12.7. The highest BCUT2D eigenvalue weighted by Gasteiger charge is 2.27. The number of hydrogen-bond donors (Lipinski definition) is 1. The van der Waals surface area contributed by atoms with Gasteiger partial charge < -0.3 is 10.2 Å². The van der Waals surface area contributed by atoms with Crippen molar-refractivity contribution in [3.05, 3.63) is 70.7 Å². The maximum absolute atomic E-state index is 12.7. The largest absolute Gasteiger partial charge is 0.354 e. The monoisotopic (exact) mass is 450 g/mol. The summed E-state index contributed by atoms with van der Waals surface area (Å²) in [5, 5.41) is 11.9. The van der Waals surface area contributed by atoms with Gasteiger partial charge in [-0.3, -0.25) is 4.79 Å². The van der Waals surface area contributed by atoms with Gasteiger partial charge in [-0.15, -0.1) is 10.2 Å². The van der Waals surface area contributed by atoms with Gasteiger partial charge in [-0.2, -0.15) is 0 Å². The Kier molecular flexibility index (Phi) is 5.90. The zero-order chi connectivity index (χ0) is 20.2. The standard InChI is InChI=1S/C23H23BrN4O/c1-16-7-9-17(10-8-16)21-11-12-22(27-26-21)28-13-3-4-18(15-28)23(29)25-20-6-2-5-19(24)14-20/h2,5-12,14,18H,3-4,13,15H2,1H3,(H,25,29). The van der Waals surface area contributed by atoms with E-state index in [9.17, 15) is 4.79 Å². The maximum Gasteiger partial charge on any atom is 0.229 e. The first kappa shape index (κ1) is 19.6. The first-order valence-electron chi connectivity index (χ1n) is 9.80. The molecule has 1 N–H and O–H groups in total. The fourth-order valence-electron chi connectivity index (χ4n) is 3.58. The molecule has 2 aromatic carbocycles. The second-order valence-corrected chi connectivity index (χ2v) is 8.34. The fourth-order valence-corrected chi connectivity index (χ4v) is 3.98. The molecule has 3 aromatic rings. The molecule has 29 heavy (non-hydrogen) atoms. The van der Waals surface area contributed by atoms with E-state index in [1.54, 1.807) is 0 Å². The van der Waals surface area contributed by atoms with E-state index in [0.717, 1.165) is 46.6 Å².